The molecule has 1 heterocycles. The van der Waals surface area contributed by atoms with Gasteiger partial charge in [-0.15, -0.1) is 0 Å². The molecular weight excluding hydrogens is 213 g/mol. The first-order valence-corrected chi connectivity index (χ1v) is 4.47. The van der Waals surface area contributed by atoms with Gasteiger partial charge in [0, 0.05) is 13.6 Å². The lowest BCUT2D eigenvalue weighted by Gasteiger charge is -2.23. The molecule has 0 bridgehead atoms. The Kier molecular flexibility index (Phi) is 3.21. The molecule has 15 heavy (non-hydrogen) atoms. The number of nitrogens with one attached hydrogen (secondary N) is 1. The van der Waals surface area contributed by atoms with E-state index >= 15 is 0 Å². The summed E-state index contributed by atoms with van der Waals surface area (Å²) in [5.74, 6) is -2.49. The smallest absolute Gasteiger partial charge is 0.357 e. The van der Waals surface area contributed by atoms with Gasteiger partial charge < -0.3 is 10.2 Å². The van der Waals surface area contributed by atoms with Crippen molar-refractivity contribution in [2.75, 3.05) is 13.6 Å². The SMILES string of the molecule is CNC(=O)C1CCCN1C(=O)C(F)(F)F. The van der Waals surface area contributed by atoms with Gasteiger partial charge in [-0.3, -0.25) is 9.59 Å². The van der Waals surface area contributed by atoms with Crippen LogP contribution in [0.3, 0.4) is 0 Å². The van der Waals surface area contributed by atoms with Gasteiger partial charge in [0.15, 0.2) is 0 Å². The Labute approximate surface area is 84.4 Å². The van der Waals surface area contributed by atoms with Gasteiger partial charge in [0.25, 0.3) is 0 Å². The van der Waals surface area contributed by atoms with Crippen molar-refractivity contribution < 1.29 is 22.8 Å². The van der Waals surface area contributed by atoms with E-state index < -0.39 is 24.0 Å². The van der Waals surface area contributed by atoms with Crippen LogP contribution in [0.1, 0.15) is 12.8 Å². The number of hydrogen-bond acceptors (Lipinski definition) is 2. The molecule has 0 aromatic carbocycles. The first kappa shape index (κ1) is 11.8. The maximum Gasteiger partial charge on any atom is 0.471 e. The summed E-state index contributed by atoms with van der Waals surface area (Å²) in [5, 5.41) is 2.24. The molecule has 0 radical (unpaired) electrons. The first-order valence-electron chi connectivity index (χ1n) is 4.47. The molecule has 4 nitrogen and oxygen atoms in total. The molecule has 1 aliphatic rings. The third kappa shape index (κ3) is 2.40. The molecule has 1 unspecified atom stereocenters. The Balaban J connectivity index is 2.77. The largest absolute Gasteiger partial charge is 0.471 e. The summed E-state index contributed by atoms with van der Waals surface area (Å²) in [5.41, 5.74) is 0. The molecule has 1 rings (SSSR count). The van der Waals surface area contributed by atoms with Crippen LogP contribution < -0.4 is 5.32 Å². The lowest BCUT2D eigenvalue weighted by Crippen LogP contribution is -2.49. The van der Waals surface area contributed by atoms with E-state index in [-0.39, 0.29) is 13.0 Å². The first-order chi connectivity index (χ1) is 6.88. The highest BCUT2D eigenvalue weighted by Gasteiger charge is 2.47. The predicted molar refractivity (Wildman–Crippen MR) is 44.9 cm³/mol. The summed E-state index contributed by atoms with van der Waals surface area (Å²) in [6.07, 6.45) is -4.21. The maximum absolute atomic E-state index is 12.1. The fraction of sp³-hybridized carbons (Fsp3) is 0.750. The number of carbonyl (C=O) groups is 2. The van der Waals surface area contributed by atoms with Crippen LogP contribution in [0.25, 0.3) is 0 Å². The number of rotatable bonds is 1. The maximum atomic E-state index is 12.1. The van der Waals surface area contributed by atoms with E-state index in [2.05, 4.69) is 5.32 Å². The standard InChI is InChI=1S/C8H11F3N2O2/c1-12-6(14)5-3-2-4-13(5)7(15)8(9,10)11/h5H,2-4H2,1H3,(H,12,14). The van der Waals surface area contributed by atoms with E-state index in [1.165, 1.54) is 7.05 Å². The molecular formula is C8H11F3N2O2. The van der Waals surface area contributed by atoms with Crippen LogP contribution in [0.5, 0.6) is 0 Å². The number of hydrogen-bond donors (Lipinski definition) is 1. The van der Waals surface area contributed by atoms with Crippen molar-refractivity contribution in [1.82, 2.24) is 10.2 Å². The van der Waals surface area contributed by atoms with Crippen molar-refractivity contribution in [1.29, 1.82) is 0 Å². The van der Waals surface area contributed by atoms with Crippen molar-refractivity contribution in [3.8, 4) is 0 Å². The number of halogens is 3. The summed E-state index contributed by atoms with van der Waals surface area (Å²) < 4.78 is 36.4. The van der Waals surface area contributed by atoms with Crippen molar-refractivity contribution in [3.05, 3.63) is 0 Å². The molecule has 0 aromatic rings. The molecule has 2 amide bonds. The van der Waals surface area contributed by atoms with Crippen LogP contribution >= 0.6 is 0 Å². The minimum atomic E-state index is -4.91. The third-order valence-corrected chi connectivity index (χ3v) is 2.31. The highest BCUT2D eigenvalue weighted by molar-refractivity contribution is 5.90. The van der Waals surface area contributed by atoms with Crippen LogP contribution in [-0.4, -0.2) is 42.5 Å². The number of alkyl halides is 3. The Hall–Kier alpha value is -1.27. The molecule has 7 heteroatoms. The average Bonchev–Trinajstić information content (AvgIpc) is 2.62. The van der Waals surface area contributed by atoms with Gasteiger partial charge >= 0.3 is 12.1 Å². The van der Waals surface area contributed by atoms with Crippen molar-refractivity contribution in [2.45, 2.75) is 25.1 Å². The predicted octanol–water partition coefficient (Wildman–Crippen LogP) is 0.286. The fourth-order valence-electron chi connectivity index (χ4n) is 1.61. The van der Waals surface area contributed by atoms with Gasteiger partial charge in [-0.05, 0) is 12.8 Å². The molecule has 1 saturated heterocycles. The van der Waals surface area contributed by atoms with Crippen LogP contribution in [0.2, 0.25) is 0 Å². The summed E-state index contributed by atoms with van der Waals surface area (Å²) in [4.78, 5) is 22.7. The van der Waals surface area contributed by atoms with Gasteiger partial charge in [0.1, 0.15) is 6.04 Å². The number of likely N-dealkylation sites (N-methyl/N-ethyl adjacent to an activating group) is 1. The average molecular weight is 224 g/mol. The number of amides is 2. The second-order valence-corrected chi connectivity index (χ2v) is 3.27. The monoisotopic (exact) mass is 224 g/mol. The molecule has 1 aliphatic heterocycles. The van der Waals surface area contributed by atoms with Gasteiger partial charge in [0.05, 0.1) is 0 Å². The zero-order valence-corrected chi connectivity index (χ0v) is 8.10. The highest BCUT2D eigenvalue weighted by atomic mass is 19.4. The molecule has 0 aromatic heterocycles. The molecule has 1 fully saturated rings. The summed E-state index contributed by atoms with van der Waals surface area (Å²) >= 11 is 0. The van der Waals surface area contributed by atoms with Gasteiger partial charge in [0.2, 0.25) is 5.91 Å². The zero-order chi connectivity index (χ0) is 11.6. The topological polar surface area (TPSA) is 49.4 Å². The Bertz CT molecular complexity index is 278. The normalized spacial score (nSPS) is 21.6. The van der Waals surface area contributed by atoms with Crippen molar-refractivity contribution in [3.63, 3.8) is 0 Å². The lowest BCUT2D eigenvalue weighted by molar-refractivity contribution is -0.186. The quantitative estimate of drug-likeness (QED) is 0.695. The Morgan fingerprint density at radius 2 is 2.00 bits per heavy atom. The van der Waals surface area contributed by atoms with Gasteiger partial charge in [-0.2, -0.15) is 13.2 Å². The number of carbonyl (C=O) groups excluding carboxylic acids is 2. The lowest BCUT2D eigenvalue weighted by atomic mass is 10.2. The van der Waals surface area contributed by atoms with Crippen LogP contribution in [-0.2, 0) is 9.59 Å². The van der Waals surface area contributed by atoms with Crippen LogP contribution in [0.15, 0.2) is 0 Å². The molecule has 0 aliphatic carbocycles. The summed E-state index contributed by atoms with van der Waals surface area (Å²) in [6.45, 7) is -0.0174. The molecule has 1 N–H and O–H groups in total. The number of nitrogens with zero attached hydrogens (tertiary/aromatic N) is 1. The summed E-state index contributed by atoms with van der Waals surface area (Å²) in [6, 6.07) is -0.982. The zero-order valence-electron chi connectivity index (χ0n) is 8.10. The number of likely N-dealkylation sites (tertiary alicyclic amines) is 1. The fourth-order valence-corrected chi connectivity index (χ4v) is 1.61. The molecule has 1 atom stereocenters. The Morgan fingerprint density at radius 1 is 1.40 bits per heavy atom. The molecule has 86 valence electrons. The Morgan fingerprint density at radius 3 is 2.47 bits per heavy atom. The minimum absolute atomic E-state index is 0.0174. The van der Waals surface area contributed by atoms with E-state index in [0.717, 1.165) is 0 Å². The highest BCUT2D eigenvalue weighted by Crippen LogP contribution is 2.25. The van der Waals surface area contributed by atoms with Crippen LogP contribution in [0, 0.1) is 0 Å². The van der Waals surface area contributed by atoms with E-state index in [0.29, 0.717) is 11.3 Å². The van der Waals surface area contributed by atoms with E-state index in [9.17, 15) is 22.8 Å². The molecule has 0 spiro atoms. The van der Waals surface area contributed by atoms with E-state index in [4.69, 9.17) is 0 Å². The van der Waals surface area contributed by atoms with Crippen LogP contribution in [0.4, 0.5) is 13.2 Å². The van der Waals surface area contributed by atoms with E-state index in [1.54, 1.807) is 0 Å². The van der Waals surface area contributed by atoms with Crippen molar-refractivity contribution in [2.24, 2.45) is 0 Å². The van der Waals surface area contributed by atoms with Gasteiger partial charge in [-0.1, -0.05) is 0 Å². The minimum Gasteiger partial charge on any atom is -0.357 e. The summed E-state index contributed by atoms with van der Waals surface area (Å²) in [7, 11) is 1.33. The van der Waals surface area contributed by atoms with Gasteiger partial charge in [-0.25, -0.2) is 0 Å². The second-order valence-electron chi connectivity index (χ2n) is 3.27. The molecule has 0 saturated carbocycles. The second kappa shape index (κ2) is 4.08. The van der Waals surface area contributed by atoms with Crippen molar-refractivity contribution >= 4 is 11.8 Å². The van der Waals surface area contributed by atoms with E-state index in [1.807, 2.05) is 0 Å². The third-order valence-electron chi connectivity index (χ3n) is 2.31.